The maximum Gasteiger partial charge on any atom is 0.272 e. The number of thiophene rings is 1. The van der Waals surface area contributed by atoms with Crippen molar-refractivity contribution in [2.75, 3.05) is 0 Å². The zero-order valence-corrected chi connectivity index (χ0v) is 18.7. The van der Waals surface area contributed by atoms with Gasteiger partial charge in [0.1, 0.15) is 9.53 Å². The number of nitrogens with zero attached hydrogens (tertiary/aromatic N) is 3. The second kappa shape index (κ2) is 8.65. The molecule has 0 amide bonds. The third-order valence-corrected chi connectivity index (χ3v) is 7.44. The van der Waals surface area contributed by atoms with Crippen LogP contribution < -0.4 is 5.56 Å². The van der Waals surface area contributed by atoms with Crippen molar-refractivity contribution in [1.82, 2.24) is 14.5 Å². The Labute approximate surface area is 188 Å². The Kier molecular flexibility index (Phi) is 5.57. The average molecular weight is 444 g/mol. The molecular formula is C25H21N3OS2. The Balaban J connectivity index is 1.61. The van der Waals surface area contributed by atoms with Crippen LogP contribution in [0.3, 0.4) is 0 Å². The van der Waals surface area contributed by atoms with Crippen molar-refractivity contribution in [2.45, 2.75) is 30.8 Å². The molecule has 0 fully saturated rings. The van der Waals surface area contributed by atoms with Crippen molar-refractivity contribution in [3.05, 3.63) is 100.0 Å². The van der Waals surface area contributed by atoms with Gasteiger partial charge in [0.2, 0.25) is 0 Å². The molecule has 5 aromatic rings. The molecule has 0 radical (unpaired) electrons. The number of benzene rings is 2. The van der Waals surface area contributed by atoms with Crippen LogP contribution >= 0.6 is 23.1 Å². The minimum Gasteiger partial charge on any atom is -0.282 e. The first kappa shape index (κ1) is 20.0. The maximum absolute atomic E-state index is 13.5. The second-order valence-electron chi connectivity index (χ2n) is 7.37. The summed E-state index contributed by atoms with van der Waals surface area (Å²) in [5.41, 5.74) is 4.35. The van der Waals surface area contributed by atoms with E-state index < -0.39 is 0 Å². The Hall–Kier alpha value is -2.96. The van der Waals surface area contributed by atoms with Gasteiger partial charge in [-0.25, -0.2) is 9.97 Å². The lowest BCUT2D eigenvalue weighted by Gasteiger charge is -2.13. The summed E-state index contributed by atoms with van der Waals surface area (Å²) in [6.45, 7) is 2.65. The van der Waals surface area contributed by atoms with Gasteiger partial charge in [0.15, 0.2) is 5.16 Å². The Morgan fingerprint density at radius 3 is 2.48 bits per heavy atom. The average Bonchev–Trinajstić information content (AvgIpc) is 3.20. The van der Waals surface area contributed by atoms with E-state index in [4.69, 9.17) is 4.98 Å². The molecule has 0 saturated heterocycles. The molecule has 6 heteroatoms. The Morgan fingerprint density at radius 2 is 1.71 bits per heavy atom. The third-order valence-electron chi connectivity index (χ3n) is 5.30. The largest absolute Gasteiger partial charge is 0.282 e. The molecule has 0 unspecified atom stereocenters. The molecule has 0 N–H and O–H groups in total. The monoisotopic (exact) mass is 443 g/mol. The van der Waals surface area contributed by atoms with Crippen LogP contribution in [0.15, 0.2) is 82.9 Å². The van der Waals surface area contributed by atoms with Gasteiger partial charge in [0, 0.05) is 17.3 Å². The van der Waals surface area contributed by atoms with E-state index in [-0.39, 0.29) is 5.56 Å². The van der Waals surface area contributed by atoms with E-state index in [1.54, 1.807) is 18.0 Å². The summed E-state index contributed by atoms with van der Waals surface area (Å²) in [6.07, 6.45) is 2.76. The number of hydrogen-bond acceptors (Lipinski definition) is 5. The summed E-state index contributed by atoms with van der Waals surface area (Å²) in [5, 5.41) is 1.69. The number of aryl methyl sites for hydroxylation is 1. The molecule has 31 heavy (non-hydrogen) atoms. The predicted molar refractivity (Wildman–Crippen MR) is 130 cm³/mol. The number of fused-ring (bicyclic) bond motifs is 3. The van der Waals surface area contributed by atoms with Crippen LogP contribution in [-0.4, -0.2) is 14.5 Å². The molecule has 0 spiro atoms. The number of thioether (sulfide) groups is 1. The lowest BCUT2D eigenvalue weighted by Crippen LogP contribution is -2.23. The first-order chi connectivity index (χ1) is 15.2. The van der Waals surface area contributed by atoms with Gasteiger partial charge in [-0.2, -0.15) is 0 Å². The van der Waals surface area contributed by atoms with Crippen molar-refractivity contribution >= 4 is 43.5 Å². The minimum absolute atomic E-state index is 0.00290. The highest BCUT2D eigenvalue weighted by molar-refractivity contribution is 7.98. The van der Waals surface area contributed by atoms with Gasteiger partial charge in [-0.3, -0.25) is 9.36 Å². The fourth-order valence-corrected chi connectivity index (χ4v) is 5.55. The summed E-state index contributed by atoms with van der Waals surface area (Å²) in [7, 11) is 0. The zero-order valence-electron chi connectivity index (χ0n) is 17.1. The first-order valence-corrected chi connectivity index (χ1v) is 12.1. The SMILES string of the molecule is CCc1ccc(Cn2c(SCc3ccccc3)nc3c(sc4ncccc43)c2=O)cc1. The molecule has 3 aromatic heterocycles. The highest BCUT2D eigenvalue weighted by Gasteiger charge is 2.17. The van der Waals surface area contributed by atoms with E-state index in [0.717, 1.165) is 38.6 Å². The number of hydrogen-bond donors (Lipinski definition) is 0. The summed E-state index contributed by atoms with van der Waals surface area (Å²) in [5.74, 6) is 0.758. The lowest BCUT2D eigenvalue weighted by atomic mass is 10.1. The molecule has 4 nitrogen and oxygen atoms in total. The molecular weight excluding hydrogens is 422 g/mol. The Bertz CT molecular complexity index is 1410. The molecule has 0 bridgehead atoms. The quantitative estimate of drug-likeness (QED) is 0.242. The summed E-state index contributed by atoms with van der Waals surface area (Å²) in [4.78, 5) is 23.8. The van der Waals surface area contributed by atoms with Crippen molar-refractivity contribution in [3.8, 4) is 0 Å². The lowest BCUT2D eigenvalue weighted by molar-refractivity contribution is 0.659. The van der Waals surface area contributed by atoms with Crippen LogP contribution in [-0.2, 0) is 18.7 Å². The third kappa shape index (κ3) is 4.01. The van der Waals surface area contributed by atoms with Crippen LogP contribution in [0.5, 0.6) is 0 Å². The van der Waals surface area contributed by atoms with E-state index in [1.165, 1.54) is 22.5 Å². The van der Waals surface area contributed by atoms with Crippen LogP contribution in [0, 0.1) is 0 Å². The van der Waals surface area contributed by atoms with Gasteiger partial charge >= 0.3 is 0 Å². The fraction of sp³-hybridized carbons (Fsp3) is 0.160. The number of pyridine rings is 1. The molecule has 3 heterocycles. The van der Waals surface area contributed by atoms with Crippen LogP contribution in [0.4, 0.5) is 0 Å². The van der Waals surface area contributed by atoms with Gasteiger partial charge in [0.25, 0.3) is 5.56 Å². The zero-order chi connectivity index (χ0) is 21.2. The molecule has 0 atom stereocenters. The molecule has 2 aromatic carbocycles. The minimum atomic E-state index is 0.00290. The molecule has 0 saturated carbocycles. The Morgan fingerprint density at radius 1 is 0.935 bits per heavy atom. The molecule has 0 aliphatic carbocycles. The summed E-state index contributed by atoms with van der Waals surface area (Å²) < 4.78 is 2.48. The normalized spacial score (nSPS) is 11.4. The smallest absolute Gasteiger partial charge is 0.272 e. The van der Waals surface area contributed by atoms with E-state index >= 15 is 0 Å². The van der Waals surface area contributed by atoms with E-state index in [9.17, 15) is 4.79 Å². The highest BCUT2D eigenvalue weighted by atomic mass is 32.2. The van der Waals surface area contributed by atoms with E-state index in [0.29, 0.717) is 11.2 Å². The predicted octanol–water partition coefficient (Wildman–Crippen LogP) is 5.91. The van der Waals surface area contributed by atoms with Gasteiger partial charge < -0.3 is 0 Å². The topological polar surface area (TPSA) is 47.8 Å². The van der Waals surface area contributed by atoms with Crippen molar-refractivity contribution in [1.29, 1.82) is 0 Å². The fourth-order valence-electron chi connectivity index (χ4n) is 3.58. The van der Waals surface area contributed by atoms with Crippen LogP contribution in [0.25, 0.3) is 20.4 Å². The van der Waals surface area contributed by atoms with Crippen molar-refractivity contribution < 1.29 is 0 Å². The van der Waals surface area contributed by atoms with Gasteiger partial charge in [-0.1, -0.05) is 73.3 Å². The molecule has 0 aliphatic rings. The molecule has 5 rings (SSSR count). The maximum atomic E-state index is 13.5. The van der Waals surface area contributed by atoms with E-state index in [2.05, 4.69) is 48.3 Å². The standard InChI is InChI=1S/C25H21N3OS2/c1-2-17-10-12-18(13-11-17)15-28-24(29)22-21(20-9-6-14-26-23(20)31-22)27-25(28)30-16-19-7-4-3-5-8-19/h3-14H,2,15-16H2,1H3. The van der Waals surface area contributed by atoms with Gasteiger partial charge in [-0.05, 0) is 35.2 Å². The molecule has 0 aliphatic heterocycles. The second-order valence-corrected chi connectivity index (χ2v) is 9.31. The molecule has 154 valence electrons. The van der Waals surface area contributed by atoms with Crippen molar-refractivity contribution in [2.24, 2.45) is 0 Å². The van der Waals surface area contributed by atoms with Crippen LogP contribution in [0.2, 0.25) is 0 Å². The van der Waals surface area contributed by atoms with Crippen LogP contribution in [0.1, 0.15) is 23.6 Å². The summed E-state index contributed by atoms with van der Waals surface area (Å²) in [6, 6.07) is 22.6. The van der Waals surface area contributed by atoms with Gasteiger partial charge in [-0.15, -0.1) is 11.3 Å². The first-order valence-electron chi connectivity index (χ1n) is 10.3. The van der Waals surface area contributed by atoms with Gasteiger partial charge in [0.05, 0.1) is 12.1 Å². The highest BCUT2D eigenvalue weighted by Crippen LogP contribution is 2.31. The summed E-state index contributed by atoms with van der Waals surface area (Å²) >= 11 is 3.03. The van der Waals surface area contributed by atoms with Crippen molar-refractivity contribution in [3.63, 3.8) is 0 Å². The number of rotatable bonds is 6. The number of aromatic nitrogens is 3. The van der Waals surface area contributed by atoms with E-state index in [1.807, 2.05) is 34.9 Å².